The third kappa shape index (κ3) is 5.12. The van der Waals surface area contributed by atoms with Crippen molar-refractivity contribution in [2.45, 2.75) is 32.2 Å². The van der Waals surface area contributed by atoms with E-state index in [9.17, 15) is 8.42 Å². The number of hydrogen-bond donors (Lipinski definition) is 2. The molecule has 0 spiro atoms. The van der Waals surface area contributed by atoms with E-state index in [1.807, 2.05) is 31.0 Å². The molecule has 1 aromatic rings. The Labute approximate surface area is 156 Å². The Balaban J connectivity index is 1.57. The van der Waals surface area contributed by atoms with E-state index in [2.05, 4.69) is 25.6 Å². The second kappa shape index (κ2) is 8.28. The maximum Gasteiger partial charge on any atom is 0.191 e. The van der Waals surface area contributed by atoms with Crippen LogP contribution >= 0.6 is 0 Å². The molecular formula is C17H30N6O2S. The average Bonchev–Trinajstić information content (AvgIpc) is 3.18. The molecule has 2 saturated heterocycles. The molecule has 0 amide bonds. The standard InChI is InChI=1S/C17H30N6O2S/c1-3-18-17(19-9-14-6-8-26(24,25)13-14)21-15-5-4-7-23(11-15)16-10-20-22(2)12-16/h10,12,14-15H,3-9,11,13H2,1-2H3,(H2,18,19,21). The Kier molecular flexibility index (Phi) is 6.05. The first-order chi connectivity index (χ1) is 12.4. The number of piperidine rings is 1. The van der Waals surface area contributed by atoms with Gasteiger partial charge in [-0.15, -0.1) is 0 Å². The van der Waals surface area contributed by atoms with E-state index in [4.69, 9.17) is 0 Å². The molecule has 2 aliphatic rings. The monoisotopic (exact) mass is 382 g/mol. The van der Waals surface area contributed by atoms with Crippen molar-refractivity contribution >= 4 is 21.5 Å². The van der Waals surface area contributed by atoms with Crippen molar-refractivity contribution < 1.29 is 8.42 Å². The Morgan fingerprint density at radius 1 is 1.42 bits per heavy atom. The summed E-state index contributed by atoms with van der Waals surface area (Å²) in [6.07, 6.45) is 6.89. The number of guanidine groups is 1. The van der Waals surface area contributed by atoms with E-state index in [0.29, 0.717) is 18.3 Å². The van der Waals surface area contributed by atoms with Crippen molar-refractivity contribution in [3.05, 3.63) is 12.4 Å². The Morgan fingerprint density at radius 3 is 2.92 bits per heavy atom. The molecule has 3 rings (SSSR count). The smallest absolute Gasteiger partial charge is 0.191 e. The van der Waals surface area contributed by atoms with Crippen LogP contribution in [0.5, 0.6) is 0 Å². The molecule has 2 fully saturated rings. The lowest BCUT2D eigenvalue weighted by Crippen LogP contribution is -2.51. The van der Waals surface area contributed by atoms with Gasteiger partial charge in [0.25, 0.3) is 0 Å². The summed E-state index contributed by atoms with van der Waals surface area (Å²) in [7, 11) is -0.911. The molecule has 3 heterocycles. The van der Waals surface area contributed by atoms with Crippen LogP contribution in [0.25, 0.3) is 0 Å². The Morgan fingerprint density at radius 2 is 2.27 bits per heavy atom. The first-order valence-corrected chi connectivity index (χ1v) is 11.3. The van der Waals surface area contributed by atoms with E-state index in [0.717, 1.165) is 50.5 Å². The minimum Gasteiger partial charge on any atom is -0.367 e. The summed E-state index contributed by atoms with van der Waals surface area (Å²) < 4.78 is 25.0. The summed E-state index contributed by atoms with van der Waals surface area (Å²) in [5, 5.41) is 11.1. The minimum atomic E-state index is -2.84. The molecule has 0 aliphatic carbocycles. The lowest BCUT2D eigenvalue weighted by Gasteiger charge is -2.34. The molecule has 2 atom stereocenters. The van der Waals surface area contributed by atoms with Crippen molar-refractivity contribution in [1.29, 1.82) is 0 Å². The Bertz CT molecular complexity index is 729. The maximum absolute atomic E-state index is 11.6. The number of nitrogens with one attached hydrogen (secondary N) is 2. The van der Waals surface area contributed by atoms with Gasteiger partial charge in [-0.3, -0.25) is 9.67 Å². The molecule has 0 bridgehead atoms. The van der Waals surface area contributed by atoms with E-state index >= 15 is 0 Å². The number of nitrogens with zero attached hydrogens (tertiary/aromatic N) is 4. The zero-order valence-corrected chi connectivity index (χ0v) is 16.5. The molecule has 1 aromatic heterocycles. The van der Waals surface area contributed by atoms with Gasteiger partial charge in [0.2, 0.25) is 0 Å². The number of sulfone groups is 1. The fourth-order valence-corrected chi connectivity index (χ4v) is 5.50. The Hall–Kier alpha value is -1.77. The van der Waals surface area contributed by atoms with Crippen LogP contribution in [0, 0.1) is 5.92 Å². The van der Waals surface area contributed by atoms with E-state index in [-0.39, 0.29) is 11.7 Å². The average molecular weight is 383 g/mol. The zero-order valence-electron chi connectivity index (χ0n) is 15.7. The molecule has 0 radical (unpaired) electrons. The number of rotatable bonds is 5. The highest BCUT2D eigenvalue weighted by atomic mass is 32.2. The molecule has 8 nitrogen and oxygen atoms in total. The van der Waals surface area contributed by atoms with E-state index < -0.39 is 9.84 Å². The van der Waals surface area contributed by atoms with Gasteiger partial charge in [-0.1, -0.05) is 0 Å². The van der Waals surface area contributed by atoms with Gasteiger partial charge in [0.05, 0.1) is 23.4 Å². The van der Waals surface area contributed by atoms with Crippen molar-refractivity contribution in [3.63, 3.8) is 0 Å². The first kappa shape index (κ1) is 19.0. The van der Waals surface area contributed by atoms with E-state index in [1.165, 1.54) is 0 Å². The largest absolute Gasteiger partial charge is 0.367 e. The van der Waals surface area contributed by atoms with Crippen LogP contribution in [0.2, 0.25) is 0 Å². The normalized spacial score (nSPS) is 26.1. The van der Waals surface area contributed by atoms with Crippen molar-refractivity contribution in [2.75, 3.05) is 42.6 Å². The quantitative estimate of drug-likeness (QED) is 0.565. The molecule has 0 saturated carbocycles. The number of aromatic nitrogens is 2. The van der Waals surface area contributed by atoms with Crippen LogP contribution in [0.15, 0.2) is 17.4 Å². The fourth-order valence-electron chi connectivity index (χ4n) is 3.65. The van der Waals surface area contributed by atoms with Crippen molar-refractivity contribution in [2.24, 2.45) is 18.0 Å². The molecule has 146 valence electrons. The molecule has 2 unspecified atom stereocenters. The van der Waals surface area contributed by atoms with Crippen molar-refractivity contribution in [3.8, 4) is 0 Å². The number of anilines is 1. The van der Waals surface area contributed by atoms with Gasteiger partial charge >= 0.3 is 0 Å². The van der Waals surface area contributed by atoms with Gasteiger partial charge in [-0.05, 0) is 32.1 Å². The highest BCUT2D eigenvalue weighted by molar-refractivity contribution is 7.91. The van der Waals surface area contributed by atoms with Gasteiger partial charge in [0.15, 0.2) is 15.8 Å². The first-order valence-electron chi connectivity index (χ1n) is 9.44. The second-order valence-corrected chi connectivity index (χ2v) is 9.52. The molecular weight excluding hydrogens is 352 g/mol. The summed E-state index contributed by atoms with van der Waals surface area (Å²) in [6, 6.07) is 0.314. The van der Waals surface area contributed by atoms with Gasteiger partial charge < -0.3 is 15.5 Å². The predicted octanol–water partition coefficient (Wildman–Crippen LogP) is 0.379. The van der Waals surface area contributed by atoms with Gasteiger partial charge in [0, 0.05) is 45.5 Å². The predicted molar refractivity (Wildman–Crippen MR) is 104 cm³/mol. The summed E-state index contributed by atoms with van der Waals surface area (Å²) in [5.41, 5.74) is 1.15. The molecule has 26 heavy (non-hydrogen) atoms. The second-order valence-electron chi connectivity index (χ2n) is 7.29. The summed E-state index contributed by atoms with van der Waals surface area (Å²) >= 11 is 0. The lowest BCUT2D eigenvalue weighted by molar-refractivity contribution is 0.467. The highest BCUT2D eigenvalue weighted by Crippen LogP contribution is 2.20. The van der Waals surface area contributed by atoms with Crippen molar-refractivity contribution in [1.82, 2.24) is 20.4 Å². The summed E-state index contributed by atoms with van der Waals surface area (Å²) in [5.74, 6) is 1.51. The highest BCUT2D eigenvalue weighted by Gasteiger charge is 2.28. The fraction of sp³-hybridized carbons (Fsp3) is 0.765. The summed E-state index contributed by atoms with van der Waals surface area (Å²) in [6.45, 7) is 5.34. The van der Waals surface area contributed by atoms with Crippen LogP contribution in [-0.4, -0.2) is 67.9 Å². The topological polar surface area (TPSA) is 91.6 Å². The maximum atomic E-state index is 11.6. The number of hydrogen-bond acceptors (Lipinski definition) is 5. The molecule has 2 aliphatic heterocycles. The molecule has 2 N–H and O–H groups in total. The van der Waals surface area contributed by atoms with Gasteiger partial charge in [0.1, 0.15) is 0 Å². The minimum absolute atomic E-state index is 0.147. The van der Waals surface area contributed by atoms with Crippen LogP contribution < -0.4 is 15.5 Å². The SMILES string of the molecule is CCNC(=NCC1CCS(=O)(=O)C1)NC1CCCN(c2cnn(C)c2)C1. The van der Waals surface area contributed by atoms with Crippen LogP contribution in [0.4, 0.5) is 5.69 Å². The third-order valence-electron chi connectivity index (χ3n) is 5.00. The van der Waals surface area contributed by atoms with Gasteiger partial charge in [-0.2, -0.15) is 5.10 Å². The number of aryl methyl sites for hydroxylation is 1. The zero-order chi connectivity index (χ0) is 18.6. The molecule has 9 heteroatoms. The molecule has 0 aromatic carbocycles. The van der Waals surface area contributed by atoms with Crippen LogP contribution in [-0.2, 0) is 16.9 Å². The summed E-state index contributed by atoms with van der Waals surface area (Å²) in [4.78, 5) is 7.00. The van der Waals surface area contributed by atoms with Crippen LogP contribution in [0.3, 0.4) is 0 Å². The van der Waals surface area contributed by atoms with E-state index in [1.54, 1.807) is 0 Å². The number of aliphatic imine (C=N–C) groups is 1. The van der Waals surface area contributed by atoms with Crippen LogP contribution in [0.1, 0.15) is 26.2 Å². The van der Waals surface area contributed by atoms with Gasteiger partial charge in [-0.25, -0.2) is 8.42 Å². The third-order valence-corrected chi connectivity index (χ3v) is 6.83. The lowest BCUT2D eigenvalue weighted by atomic mass is 10.1.